The van der Waals surface area contributed by atoms with Crippen LogP contribution >= 0.6 is 0 Å². The lowest BCUT2D eigenvalue weighted by atomic mass is 10.2. The predicted molar refractivity (Wildman–Crippen MR) is 111 cm³/mol. The van der Waals surface area contributed by atoms with Gasteiger partial charge in [0, 0.05) is 38.2 Å². The maximum absolute atomic E-state index is 11.8. The van der Waals surface area contributed by atoms with Crippen molar-refractivity contribution in [2.75, 3.05) is 31.6 Å². The van der Waals surface area contributed by atoms with Gasteiger partial charge in [-0.25, -0.2) is 4.99 Å². The van der Waals surface area contributed by atoms with Gasteiger partial charge in [0.05, 0.1) is 13.7 Å². The summed E-state index contributed by atoms with van der Waals surface area (Å²) in [6.45, 7) is 5.03. The number of guanidine groups is 1. The smallest absolute Gasteiger partial charge is 0.305 e. The van der Waals surface area contributed by atoms with E-state index >= 15 is 0 Å². The first-order chi connectivity index (χ1) is 13.6. The average Bonchev–Trinajstić information content (AvgIpc) is 3.14. The zero-order valence-electron chi connectivity index (χ0n) is 17.0. The van der Waals surface area contributed by atoms with Gasteiger partial charge in [-0.1, -0.05) is 18.6 Å². The maximum atomic E-state index is 11.8. The predicted octanol–water partition coefficient (Wildman–Crippen LogP) is 2.60. The van der Waals surface area contributed by atoms with E-state index in [1.807, 2.05) is 36.1 Å². The number of methoxy groups -OCH3 is 1. The summed E-state index contributed by atoms with van der Waals surface area (Å²) in [5.74, 6) is 0.841. The van der Waals surface area contributed by atoms with Crippen molar-refractivity contribution >= 4 is 23.5 Å². The molecule has 28 heavy (non-hydrogen) atoms. The Balaban J connectivity index is 1.76. The van der Waals surface area contributed by atoms with Crippen molar-refractivity contribution in [2.45, 2.75) is 52.0 Å². The van der Waals surface area contributed by atoms with Crippen LogP contribution in [0.25, 0.3) is 0 Å². The molecule has 0 radical (unpaired) electrons. The van der Waals surface area contributed by atoms with Gasteiger partial charge in [-0.2, -0.15) is 0 Å². The van der Waals surface area contributed by atoms with Crippen molar-refractivity contribution in [1.29, 1.82) is 0 Å². The number of nitrogens with one attached hydrogen (secondary N) is 2. The van der Waals surface area contributed by atoms with Gasteiger partial charge in [0.1, 0.15) is 0 Å². The Morgan fingerprint density at radius 3 is 2.61 bits per heavy atom. The third-order valence-corrected chi connectivity index (χ3v) is 4.66. The first-order valence-electron chi connectivity index (χ1n) is 10.1. The van der Waals surface area contributed by atoms with E-state index in [-0.39, 0.29) is 11.9 Å². The number of nitrogens with zero attached hydrogens (tertiary/aromatic N) is 2. The van der Waals surface area contributed by atoms with Crippen LogP contribution in [0, 0.1) is 0 Å². The highest BCUT2D eigenvalue weighted by Crippen LogP contribution is 2.21. The number of anilines is 1. The summed E-state index contributed by atoms with van der Waals surface area (Å²) in [5, 5.41) is 6.57. The summed E-state index contributed by atoms with van der Waals surface area (Å²) in [4.78, 5) is 29.4. The van der Waals surface area contributed by atoms with Crippen LogP contribution in [0.5, 0.6) is 0 Å². The number of rotatable bonds is 10. The highest BCUT2D eigenvalue weighted by molar-refractivity contribution is 5.95. The Bertz CT molecular complexity index is 658. The summed E-state index contributed by atoms with van der Waals surface area (Å²) in [6.07, 6.45) is 4.84. The second-order valence-corrected chi connectivity index (χ2v) is 6.82. The van der Waals surface area contributed by atoms with Gasteiger partial charge in [0.15, 0.2) is 5.96 Å². The first kappa shape index (κ1) is 21.7. The summed E-state index contributed by atoms with van der Waals surface area (Å²) in [7, 11) is 1.42. The number of amides is 1. The van der Waals surface area contributed by atoms with Gasteiger partial charge in [-0.05, 0) is 43.9 Å². The number of esters is 1. The Labute approximate surface area is 167 Å². The average molecular weight is 389 g/mol. The van der Waals surface area contributed by atoms with E-state index in [1.165, 1.54) is 7.11 Å². The molecule has 7 nitrogen and oxygen atoms in total. The molecule has 1 fully saturated rings. The van der Waals surface area contributed by atoms with Gasteiger partial charge in [0.25, 0.3) is 0 Å². The summed E-state index contributed by atoms with van der Waals surface area (Å²) >= 11 is 0. The summed E-state index contributed by atoms with van der Waals surface area (Å²) < 4.78 is 4.64. The van der Waals surface area contributed by atoms with Crippen molar-refractivity contribution in [3.63, 3.8) is 0 Å². The third kappa shape index (κ3) is 7.21. The molecule has 1 saturated heterocycles. The number of aliphatic imine (C=N–C) groups is 1. The molecule has 7 heteroatoms. The van der Waals surface area contributed by atoms with Crippen LogP contribution < -0.4 is 15.5 Å². The fourth-order valence-corrected chi connectivity index (χ4v) is 3.09. The van der Waals surface area contributed by atoms with Crippen LogP contribution in [-0.2, 0) is 20.9 Å². The molecule has 0 bridgehead atoms. The Hall–Kier alpha value is -2.57. The molecule has 0 aromatic heterocycles. The maximum Gasteiger partial charge on any atom is 0.305 e. The van der Waals surface area contributed by atoms with Crippen molar-refractivity contribution in [3.8, 4) is 0 Å². The van der Waals surface area contributed by atoms with E-state index < -0.39 is 0 Å². The lowest BCUT2D eigenvalue weighted by Gasteiger charge is -2.16. The minimum absolute atomic E-state index is 0.150. The van der Waals surface area contributed by atoms with Crippen molar-refractivity contribution < 1.29 is 14.3 Å². The minimum atomic E-state index is -0.150. The molecule has 1 aromatic carbocycles. The Morgan fingerprint density at radius 2 is 1.96 bits per heavy atom. The number of ether oxygens (including phenoxy) is 1. The zero-order chi connectivity index (χ0) is 20.2. The summed E-state index contributed by atoms with van der Waals surface area (Å²) in [6, 6.07) is 8.05. The number of unbranched alkanes of at least 4 members (excludes halogenated alkanes) is 2. The van der Waals surface area contributed by atoms with Crippen molar-refractivity contribution in [1.82, 2.24) is 10.6 Å². The molecule has 1 heterocycles. The number of carbonyl (C=O) groups excluding carboxylic acids is 2. The molecule has 1 aliphatic heterocycles. The lowest BCUT2D eigenvalue weighted by molar-refractivity contribution is -0.140. The molecule has 2 rings (SSSR count). The molecule has 0 atom stereocenters. The Morgan fingerprint density at radius 1 is 1.18 bits per heavy atom. The van der Waals surface area contributed by atoms with Crippen LogP contribution in [0.3, 0.4) is 0 Å². The molecule has 1 aliphatic rings. The molecule has 1 amide bonds. The molecular formula is C21H32N4O3. The van der Waals surface area contributed by atoms with Gasteiger partial charge in [0.2, 0.25) is 5.91 Å². The van der Waals surface area contributed by atoms with Gasteiger partial charge < -0.3 is 20.3 Å². The molecule has 0 spiro atoms. The monoisotopic (exact) mass is 388 g/mol. The van der Waals surface area contributed by atoms with Crippen molar-refractivity contribution in [3.05, 3.63) is 29.8 Å². The van der Waals surface area contributed by atoms with E-state index in [0.717, 1.165) is 62.5 Å². The molecule has 0 aliphatic carbocycles. The van der Waals surface area contributed by atoms with E-state index in [4.69, 9.17) is 0 Å². The first-order valence-corrected chi connectivity index (χ1v) is 10.1. The standard InChI is InChI=1S/C21H32N4O3/c1-3-22-21(23-14-6-4-5-9-20(27)28-2)24-16-17-10-12-18(13-11-17)25-15-7-8-19(25)26/h10-13H,3-9,14-16H2,1-2H3,(H2,22,23,24). The molecule has 0 saturated carbocycles. The SMILES string of the molecule is CCNC(=NCc1ccc(N2CCCC2=O)cc1)NCCCCCC(=O)OC. The van der Waals surface area contributed by atoms with Crippen molar-refractivity contribution in [2.24, 2.45) is 4.99 Å². The topological polar surface area (TPSA) is 83.0 Å². The van der Waals surface area contributed by atoms with E-state index in [1.54, 1.807) is 0 Å². The highest BCUT2D eigenvalue weighted by atomic mass is 16.5. The van der Waals surface area contributed by atoms with Gasteiger partial charge >= 0.3 is 5.97 Å². The normalized spacial score (nSPS) is 14.3. The third-order valence-electron chi connectivity index (χ3n) is 4.66. The number of hydrogen-bond donors (Lipinski definition) is 2. The fourth-order valence-electron chi connectivity index (χ4n) is 3.09. The summed E-state index contributed by atoms with van der Waals surface area (Å²) in [5.41, 5.74) is 2.07. The fraction of sp³-hybridized carbons (Fsp3) is 0.571. The second kappa shape index (κ2) is 12.0. The van der Waals surface area contributed by atoms with Crippen LogP contribution in [0.1, 0.15) is 51.0 Å². The Kier molecular flexibility index (Phi) is 9.31. The van der Waals surface area contributed by atoms with Crippen LogP contribution in [0.4, 0.5) is 5.69 Å². The number of carbonyl (C=O) groups is 2. The molecule has 2 N–H and O–H groups in total. The van der Waals surface area contributed by atoms with E-state index in [2.05, 4.69) is 20.4 Å². The van der Waals surface area contributed by atoms with Crippen LogP contribution in [-0.4, -0.2) is 44.6 Å². The number of benzene rings is 1. The van der Waals surface area contributed by atoms with Crippen LogP contribution in [0.2, 0.25) is 0 Å². The molecule has 0 unspecified atom stereocenters. The molecule has 154 valence electrons. The minimum Gasteiger partial charge on any atom is -0.469 e. The van der Waals surface area contributed by atoms with E-state index in [9.17, 15) is 9.59 Å². The van der Waals surface area contributed by atoms with E-state index in [0.29, 0.717) is 19.4 Å². The van der Waals surface area contributed by atoms with Crippen LogP contribution in [0.15, 0.2) is 29.3 Å². The molecular weight excluding hydrogens is 356 g/mol. The quantitative estimate of drug-likeness (QED) is 0.279. The number of hydrogen-bond acceptors (Lipinski definition) is 4. The highest BCUT2D eigenvalue weighted by Gasteiger charge is 2.21. The molecule has 1 aromatic rings. The lowest BCUT2D eigenvalue weighted by Crippen LogP contribution is -2.37. The van der Waals surface area contributed by atoms with Gasteiger partial charge in [-0.3, -0.25) is 9.59 Å². The second-order valence-electron chi connectivity index (χ2n) is 6.82. The zero-order valence-corrected chi connectivity index (χ0v) is 17.0. The largest absolute Gasteiger partial charge is 0.469 e. The van der Waals surface area contributed by atoms with Gasteiger partial charge in [-0.15, -0.1) is 0 Å².